The molecule has 0 saturated carbocycles. The summed E-state index contributed by atoms with van der Waals surface area (Å²) in [6.45, 7) is 0. The molecule has 0 saturated heterocycles. The molecule has 0 aliphatic rings. The maximum atomic E-state index is 13.2. The zero-order valence-corrected chi connectivity index (χ0v) is 16.4. The summed E-state index contributed by atoms with van der Waals surface area (Å²) in [5.41, 5.74) is 0. The van der Waals surface area contributed by atoms with Crippen LogP contribution in [0.5, 0.6) is 0 Å². The normalized spacial score (nSPS) is 16.5. The van der Waals surface area contributed by atoms with Crippen molar-refractivity contribution in [1.82, 2.24) is 0 Å². The molecule has 0 amide bonds. The van der Waals surface area contributed by atoms with Crippen LogP contribution in [0.1, 0.15) is 0 Å². The molecular formula is C9H3BrF19NO2S. The van der Waals surface area contributed by atoms with Crippen molar-refractivity contribution in [2.24, 2.45) is 5.14 Å². The lowest BCUT2D eigenvalue weighted by molar-refractivity contribution is -0.466. The van der Waals surface area contributed by atoms with Crippen molar-refractivity contribution in [3.8, 4) is 0 Å². The molecule has 33 heavy (non-hydrogen) atoms. The lowest BCUT2D eigenvalue weighted by atomic mass is 9.89. The molecule has 0 atom stereocenters. The van der Waals surface area contributed by atoms with E-state index in [9.17, 15) is 91.8 Å². The summed E-state index contributed by atoms with van der Waals surface area (Å²) in [7, 11) is -7.50. The van der Waals surface area contributed by atoms with E-state index in [4.69, 9.17) is 0 Å². The highest BCUT2D eigenvalue weighted by atomic mass is 79.9. The van der Waals surface area contributed by atoms with Crippen LogP contribution in [-0.4, -0.2) is 61.3 Å². The number of halogens is 20. The van der Waals surface area contributed by atoms with Gasteiger partial charge in [0.25, 0.3) is 10.0 Å². The number of sulfonamides is 1. The SMILES string of the molecule is Br.NS(=O)(=O)C(F)(F)C(F)(F)C(F)(F)C(F)(F)C(F)(F)C(F)(F)C(F)(F)C(F)(F)C(F)(F)F. The van der Waals surface area contributed by atoms with Crippen LogP contribution in [0.4, 0.5) is 83.4 Å². The molecule has 0 aliphatic heterocycles. The van der Waals surface area contributed by atoms with Gasteiger partial charge in [-0.1, -0.05) is 0 Å². The van der Waals surface area contributed by atoms with Crippen molar-refractivity contribution in [2.75, 3.05) is 0 Å². The van der Waals surface area contributed by atoms with Gasteiger partial charge in [0.05, 0.1) is 0 Å². The minimum Gasteiger partial charge on any atom is -0.223 e. The molecule has 0 rings (SSSR count). The highest BCUT2D eigenvalue weighted by molar-refractivity contribution is 8.93. The first-order chi connectivity index (χ1) is 13.2. The second kappa shape index (κ2) is 8.05. The number of rotatable bonds is 8. The van der Waals surface area contributed by atoms with Gasteiger partial charge in [-0.25, -0.2) is 13.6 Å². The molecule has 0 aliphatic carbocycles. The van der Waals surface area contributed by atoms with E-state index in [0.29, 0.717) is 0 Å². The van der Waals surface area contributed by atoms with Gasteiger partial charge in [0.15, 0.2) is 0 Å². The third-order valence-corrected chi connectivity index (χ3v) is 4.42. The fraction of sp³-hybridized carbons (Fsp3) is 1.00. The monoisotopic (exact) mass is 629 g/mol. The van der Waals surface area contributed by atoms with E-state index in [0.717, 1.165) is 0 Å². The van der Waals surface area contributed by atoms with Gasteiger partial charge < -0.3 is 0 Å². The van der Waals surface area contributed by atoms with E-state index in [1.54, 1.807) is 0 Å². The Kier molecular flexibility index (Phi) is 8.35. The summed E-state index contributed by atoms with van der Waals surface area (Å²) >= 11 is 0. The predicted molar refractivity (Wildman–Crippen MR) is 69.1 cm³/mol. The molecule has 0 aromatic rings. The Balaban J connectivity index is 0. The lowest BCUT2D eigenvalue weighted by Crippen LogP contribution is -2.76. The van der Waals surface area contributed by atoms with Gasteiger partial charge in [-0.3, -0.25) is 0 Å². The van der Waals surface area contributed by atoms with E-state index < -0.39 is 62.9 Å². The predicted octanol–water partition coefficient (Wildman–Crippen LogP) is 5.46. The van der Waals surface area contributed by atoms with E-state index >= 15 is 0 Å². The van der Waals surface area contributed by atoms with Gasteiger partial charge in [0.2, 0.25) is 0 Å². The molecule has 0 spiro atoms. The van der Waals surface area contributed by atoms with Gasteiger partial charge in [-0.2, -0.15) is 83.4 Å². The van der Waals surface area contributed by atoms with Crippen molar-refractivity contribution in [2.45, 2.75) is 52.9 Å². The zero-order valence-electron chi connectivity index (χ0n) is 13.9. The number of hydrogen-bond acceptors (Lipinski definition) is 2. The smallest absolute Gasteiger partial charge is 0.223 e. The van der Waals surface area contributed by atoms with E-state index in [-0.39, 0.29) is 17.0 Å². The molecule has 24 heteroatoms. The van der Waals surface area contributed by atoms with E-state index in [2.05, 4.69) is 5.14 Å². The van der Waals surface area contributed by atoms with Gasteiger partial charge in [0.1, 0.15) is 0 Å². The fourth-order valence-electron chi connectivity index (χ4n) is 1.53. The van der Waals surface area contributed by atoms with Crippen LogP contribution in [0.2, 0.25) is 0 Å². The van der Waals surface area contributed by atoms with Crippen molar-refractivity contribution in [1.29, 1.82) is 0 Å². The number of alkyl halides is 19. The summed E-state index contributed by atoms with van der Waals surface area (Å²) in [5, 5.41) is -4.45. The summed E-state index contributed by atoms with van der Waals surface area (Å²) in [6.07, 6.45) is -7.97. The average Bonchev–Trinajstić information content (AvgIpc) is 2.51. The summed E-state index contributed by atoms with van der Waals surface area (Å²) < 4.78 is 264. The largest absolute Gasteiger partial charge is 0.460 e. The Bertz CT molecular complexity index is 831. The van der Waals surface area contributed by atoms with Crippen LogP contribution in [-0.2, 0) is 10.0 Å². The van der Waals surface area contributed by atoms with Gasteiger partial charge in [0, 0.05) is 0 Å². The van der Waals surface area contributed by atoms with Gasteiger partial charge in [-0.05, 0) is 0 Å². The standard InChI is InChI=1S/C9H2F19NO2S.BrH/c10-1(11,2(12,13)4(16,17)6(20,21)8(24,25)26)3(14,15)5(18,19)7(22,23)9(27,28)32(29,30)31;/h(H2,29,30,31);1H. The Labute approximate surface area is 177 Å². The number of primary sulfonamides is 1. The minimum atomic E-state index is -9.11. The van der Waals surface area contributed by atoms with Crippen molar-refractivity contribution in [3.63, 3.8) is 0 Å². The first-order valence-electron chi connectivity index (χ1n) is 6.36. The quantitative estimate of drug-likeness (QED) is 0.363. The molecule has 0 heterocycles. The Morgan fingerprint density at radius 3 is 0.758 bits per heavy atom. The molecule has 0 aromatic heterocycles. The van der Waals surface area contributed by atoms with Gasteiger partial charge >= 0.3 is 52.9 Å². The minimum absolute atomic E-state index is 0. The van der Waals surface area contributed by atoms with Crippen LogP contribution in [0.15, 0.2) is 0 Å². The first-order valence-corrected chi connectivity index (χ1v) is 7.91. The Morgan fingerprint density at radius 1 is 0.394 bits per heavy atom. The van der Waals surface area contributed by atoms with E-state index in [1.165, 1.54) is 0 Å². The molecule has 0 unspecified atom stereocenters. The number of hydrogen-bond donors (Lipinski definition) is 1. The molecular weight excluding hydrogens is 627 g/mol. The Morgan fingerprint density at radius 2 is 0.576 bits per heavy atom. The second-order valence-corrected chi connectivity index (χ2v) is 7.18. The van der Waals surface area contributed by atoms with Crippen LogP contribution >= 0.6 is 17.0 Å². The molecule has 0 aromatic carbocycles. The highest BCUT2D eigenvalue weighted by Crippen LogP contribution is 2.65. The fourth-order valence-corrected chi connectivity index (χ4v) is 2.01. The highest BCUT2D eigenvalue weighted by Gasteiger charge is 2.97. The molecule has 202 valence electrons. The topological polar surface area (TPSA) is 60.2 Å². The molecule has 0 bridgehead atoms. The summed E-state index contributed by atoms with van der Waals surface area (Å²) in [5.74, 6) is -61.8. The maximum Gasteiger partial charge on any atom is 0.460 e. The zero-order chi connectivity index (χ0) is 27.0. The van der Waals surface area contributed by atoms with Crippen LogP contribution < -0.4 is 5.14 Å². The average molecular weight is 630 g/mol. The van der Waals surface area contributed by atoms with Crippen molar-refractivity contribution in [3.05, 3.63) is 0 Å². The van der Waals surface area contributed by atoms with E-state index in [1.807, 2.05) is 0 Å². The van der Waals surface area contributed by atoms with Crippen LogP contribution in [0, 0.1) is 0 Å². The van der Waals surface area contributed by atoms with Crippen LogP contribution in [0.3, 0.4) is 0 Å². The summed E-state index contributed by atoms with van der Waals surface area (Å²) in [4.78, 5) is 0. The third-order valence-electron chi connectivity index (χ3n) is 3.44. The van der Waals surface area contributed by atoms with Crippen molar-refractivity contribution >= 4 is 27.0 Å². The third kappa shape index (κ3) is 4.09. The number of nitrogens with two attached hydrogens (primary N) is 1. The molecule has 3 nitrogen and oxygen atoms in total. The van der Waals surface area contributed by atoms with Gasteiger partial charge in [-0.15, -0.1) is 17.0 Å². The van der Waals surface area contributed by atoms with Crippen molar-refractivity contribution < 1.29 is 91.8 Å². The second-order valence-electron chi connectivity index (χ2n) is 5.58. The summed E-state index contributed by atoms with van der Waals surface area (Å²) in [6, 6.07) is 0. The molecule has 0 radical (unpaired) electrons. The maximum absolute atomic E-state index is 13.2. The first kappa shape index (κ1) is 34.2. The molecule has 0 fully saturated rings. The lowest BCUT2D eigenvalue weighted by Gasteiger charge is -2.43. The van der Waals surface area contributed by atoms with Crippen LogP contribution in [0.25, 0.3) is 0 Å². The Hall–Kier alpha value is -0.940. The molecule has 2 N–H and O–H groups in total.